The van der Waals surface area contributed by atoms with Crippen LogP contribution in [-0.2, 0) is 0 Å². The molecule has 0 aliphatic heterocycles. The number of nitrogens with two attached hydrogens (primary N) is 1. The third-order valence-electron chi connectivity index (χ3n) is 3.65. The van der Waals surface area contributed by atoms with Crippen LogP contribution < -0.4 is 11.1 Å². The van der Waals surface area contributed by atoms with Crippen molar-refractivity contribution in [2.45, 2.75) is 44.6 Å². The minimum atomic E-state index is -0.209. The summed E-state index contributed by atoms with van der Waals surface area (Å²) in [6, 6.07) is 0. The molecule has 1 aromatic heterocycles. The van der Waals surface area contributed by atoms with Gasteiger partial charge in [-0.15, -0.1) is 0 Å². The van der Waals surface area contributed by atoms with Crippen LogP contribution in [0.15, 0.2) is 6.20 Å². The molecule has 5 heteroatoms. The van der Waals surface area contributed by atoms with Crippen molar-refractivity contribution in [3.63, 3.8) is 0 Å². The maximum atomic E-state index is 12.1. The van der Waals surface area contributed by atoms with Crippen molar-refractivity contribution in [3.05, 3.63) is 17.5 Å². The zero-order chi connectivity index (χ0) is 12.3. The van der Waals surface area contributed by atoms with Crippen molar-refractivity contribution < 1.29 is 4.79 Å². The smallest absolute Gasteiger partial charge is 0.255 e. The molecule has 4 N–H and O–H groups in total. The second-order valence-corrected chi connectivity index (χ2v) is 4.91. The number of aromatic nitrogens is 2. The van der Waals surface area contributed by atoms with Crippen molar-refractivity contribution in [2.24, 2.45) is 5.73 Å². The first kappa shape index (κ1) is 12.1. The Labute approximate surface area is 101 Å². The van der Waals surface area contributed by atoms with Gasteiger partial charge in [0, 0.05) is 12.2 Å². The van der Waals surface area contributed by atoms with E-state index in [0.29, 0.717) is 12.1 Å². The van der Waals surface area contributed by atoms with Crippen LogP contribution in [0.4, 0.5) is 0 Å². The summed E-state index contributed by atoms with van der Waals surface area (Å²) >= 11 is 0. The summed E-state index contributed by atoms with van der Waals surface area (Å²) in [6.45, 7) is 2.35. The summed E-state index contributed by atoms with van der Waals surface area (Å²) in [5.41, 5.74) is 7.04. The van der Waals surface area contributed by atoms with E-state index in [2.05, 4.69) is 15.5 Å². The fourth-order valence-corrected chi connectivity index (χ4v) is 2.50. The van der Waals surface area contributed by atoms with Gasteiger partial charge in [-0.2, -0.15) is 5.10 Å². The quantitative estimate of drug-likeness (QED) is 0.735. The largest absolute Gasteiger partial charge is 0.345 e. The molecule has 0 unspecified atom stereocenters. The summed E-state index contributed by atoms with van der Waals surface area (Å²) in [4.78, 5) is 12.1. The van der Waals surface area contributed by atoms with E-state index in [1.54, 1.807) is 6.20 Å². The molecule has 1 aromatic rings. The molecular weight excluding hydrogens is 216 g/mol. The molecule has 1 fully saturated rings. The number of carbonyl (C=O) groups is 1. The minimum Gasteiger partial charge on any atom is -0.345 e. The fraction of sp³-hybridized carbons (Fsp3) is 0.667. The van der Waals surface area contributed by atoms with Crippen LogP contribution in [0.1, 0.15) is 48.2 Å². The number of hydrogen-bond donors (Lipinski definition) is 3. The second-order valence-electron chi connectivity index (χ2n) is 4.91. The number of H-pyrrole nitrogens is 1. The van der Waals surface area contributed by atoms with Gasteiger partial charge in [0.15, 0.2) is 0 Å². The lowest BCUT2D eigenvalue weighted by molar-refractivity contribution is 0.0874. The molecule has 1 aliphatic carbocycles. The Morgan fingerprint density at radius 3 is 2.76 bits per heavy atom. The molecule has 0 bridgehead atoms. The van der Waals surface area contributed by atoms with Gasteiger partial charge in [-0.3, -0.25) is 9.89 Å². The van der Waals surface area contributed by atoms with E-state index < -0.39 is 0 Å². The summed E-state index contributed by atoms with van der Waals surface area (Å²) < 4.78 is 0. The Morgan fingerprint density at radius 1 is 1.53 bits per heavy atom. The van der Waals surface area contributed by atoms with Crippen molar-refractivity contribution in [2.75, 3.05) is 6.54 Å². The first-order chi connectivity index (χ1) is 8.17. The molecule has 17 heavy (non-hydrogen) atoms. The summed E-state index contributed by atoms with van der Waals surface area (Å²) in [6.07, 6.45) is 7.04. The van der Waals surface area contributed by atoms with Crippen LogP contribution in [0.25, 0.3) is 0 Å². The average Bonchev–Trinajstić information content (AvgIpc) is 2.77. The molecule has 1 heterocycles. The molecule has 1 amide bonds. The fourth-order valence-electron chi connectivity index (χ4n) is 2.50. The molecule has 0 saturated heterocycles. The van der Waals surface area contributed by atoms with Crippen molar-refractivity contribution in [3.8, 4) is 0 Å². The normalized spacial score (nSPS) is 18.9. The number of aromatic amines is 1. The van der Waals surface area contributed by atoms with Crippen LogP contribution in [-0.4, -0.2) is 28.2 Å². The molecule has 0 radical (unpaired) electrons. The lowest BCUT2D eigenvalue weighted by atomic mass is 9.81. The first-order valence-corrected chi connectivity index (χ1v) is 6.19. The van der Waals surface area contributed by atoms with Gasteiger partial charge in [-0.1, -0.05) is 19.3 Å². The highest BCUT2D eigenvalue weighted by Gasteiger charge is 2.32. The lowest BCUT2D eigenvalue weighted by Crippen LogP contribution is -2.54. The topological polar surface area (TPSA) is 83.8 Å². The summed E-state index contributed by atoms with van der Waals surface area (Å²) in [5.74, 6) is -0.0661. The SMILES string of the molecule is Cc1[nH]ncc1C(=O)NC1(CN)CCCCC1. The van der Waals surface area contributed by atoms with Crippen LogP contribution in [0.5, 0.6) is 0 Å². The second kappa shape index (κ2) is 4.87. The van der Waals surface area contributed by atoms with E-state index >= 15 is 0 Å². The van der Waals surface area contributed by atoms with Gasteiger partial charge in [0.2, 0.25) is 0 Å². The molecule has 1 aliphatic rings. The summed E-state index contributed by atoms with van der Waals surface area (Å²) in [5, 5.41) is 9.74. The predicted molar refractivity (Wildman–Crippen MR) is 65.7 cm³/mol. The Bertz CT molecular complexity index is 393. The van der Waals surface area contributed by atoms with Gasteiger partial charge in [-0.25, -0.2) is 0 Å². The van der Waals surface area contributed by atoms with Crippen molar-refractivity contribution in [1.82, 2.24) is 15.5 Å². The maximum absolute atomic E-state index is 12.1. The molecular formula is C12H20N4O. The first-order valence-electron chi connectivity index (χ1n) is 6.19. The van der Waals surface area contributed by atoms with E-state index in [1.807, 2.05) is 6.92 Å². The van der Waals surface area contributed by atoms with Gasteiger partial charge in [-0.05, 0) is 19.8 Å². The van der Waals surface area contributed by atoms with Crippen LogP contribution in [0, 0.1) is 6.92 Å². The number of carbonyl (C=O) groups excluding carboxylic acids is 1. The zero-order valence-electron chi connectivity index (χ0n) is 10.3. The predicted octanol–water partition coefficient (Wildman–Crippen LogP) is 1.11. The number of amides is 1. The Hall–Kier alpha value is -1.36. The maximum Gasteiger partial charge on any atom is 0.255 e. The number of nitrogens with one attached hydrogen (secondary N) is 2. The Kier molecular flexibility index (Phi) is 3.47. The highest BCUT2D eigenvalue weighted by Crippen LogP contribution is 2.27. The highest BCUT2D eigenvalue weighted by molar-refractivity contribution is 5.95. The third kappa shape index (κ3) is 2.49. The van der Waals surface area contributed by atoms with E-state index in [-0.39, 0.29) is 11.4 Å². The van der Waals surface area contributed by atoms with Gasteiger partial charge in [0.25, 0.3) is 5.91 Å². The van der Waals surface area contributed by atoms with E-state index in [0.717, 1.165) is 31.4 Å². The monoisotopic (exact) mass is 236 g/mol. The van der Waals surface area contributed by atoms with Crippen LogP contribution in [0.2, 0.25) is 0 Å². The Balaban J connectivity index is 2.08. The van der Waals surface area contributed by atoms with Crippen LogP contribution >= 0.6 is 0 Å². The molecule has 0 spiro atoms. The average molecular weight is 236 g/mol. The van der Waals surface area contributed by atoms with Crippen molar-refractivity contribution >= 4 is 5.91 Å². The number of rotatable bonds is 3. The summed E-state index contributed by atoms with van der Waals surface area (Å²) in [7, 11) is 0. The molecule has 2 rings (SSSR count). The number of aryl methyl sites for hydroxylation is 1. The van der Waals surface area contributed by atoms with Gasteiger partial charge >= 0.3 is 0 Å². The highest BCUT2D eigenvalue weighted by atomic mass is 16.1. The zero-order valence-corrected chi connectivity index (χ0v) is 10.3. The van der Waals surface area contributed by atoms with E-state index in [9.17, 15) is 4.79 Å². The molecule has 0 aromatic carbocycles. The standard InChI is InChI=1S/C12H20N4O/c1-9-10(7-14-16-9)11(17)15-12(8-13)5-3-2-4-6-12/h7H,2-6,8,13H2,1H3,(H,14,16)(H,15,17). The molecule has 0 atom stereocenters. The third-order valence-corrected chi connectivity index (χ3v) is 3.65. The molecule has 94 valence electrons. The van der Waals surface area contributed by atoms with Crippen LogP contribution in [0.3, 0.4) is 0 Å². The number of nitrogens with zero attached hydrogens (tertiary/aromatic N) is 1. The van der Waals surface area contributed by atoms with E-state index in [1.165, 1.54) is 6.42 Å². The van der Waals surface area contributed by atoms with Crippen molar-refractivity contribution in [1.29, 1.82) is 0 Å². The van der Waals surface area contributed by atoms with E-state index in [4.69, 9.17) is 5.73 Å². The number of hydrogen-bond acceptors (Lipinski definition) is 3. The molecule has 5 nitrogen and oxygen atoms in total. The molecule has 1 saturated carbocycles. The van der Waals surface area contributed by atoms with Gasteiger partial charge in [0.1, 0.15) is 0 Å². The minimum absolute atomic E-state index is 0.0661. The van der Waals surface area contributed by atoms with Gasteiger partial charge < -0.3 is 11.1 Å². The lowest BCUT2D eigenvalue weighted by Gasteiger charge is -2.37. The Morgan fingerprint density at radius 2 is 2.24 bits per heavy atom. The van der Waals surface area contributed by atoms with Gasteiger partial charge in [0.05, 0.1) is 17.3 Å².